The van der Waals surface area contributed by atoms with Crippen LogP contribution in [0.3, 0.4) is 0 Å². The molecule has 0 aliphatic carbocycles. The van der Waals surface area contributed by atoms with Gasteiger partial charge in [0.15, 0.2) is 17.5 Å². The largest absolute Gasteiger partial charge is 0.456 e. The Morgan fingerprint density at radius 1 is 0.357 bits per heavy atom. The maximum atomic E-state index is 9.69. The first-order valence-electron chi connectivity index (χ1n) is 21.2. The summed E-state index contributed by atoms with van der Waals surface area (Å²) in [6.45, 7) is 0. The second-order valence-electron chi connectivity index (χ2n) is 13.5. The summed E-state index contributed by atoms with van der Waals surface area (Å²) in [5.41, 5.74) is 7.07. The van der Waals surface area contributed by atoms with E-state index in [-0.39, 0.29) is 86.8 Å². The van der Waals surface area contributed by atoms with Crippen molar-refractivity contribution in [3.63, 3.8) is 0 Å². The third kappa shape index (κ3) is 5.45. The molecule has 11 aromatic rings. The fourth-order valence-corrected chi connectivity index (χ4v) is 7.43. The van der Waals surface area contributed by atoms with Crippen LogP contribution >= 0.6 is 0 Å². The minimum Gasteiger partial charge on any atom is -0.456 e. The van der Waals surface area contributed by atoms with Crippen LogP contribution in [0.1, 0.15) is 8.22 Å². The highest BCUT2D eigenvalue weighted by atomic mass is 16.3. The number of aromatic nitrogens is 3. The molecule has 0 atom stereocenters. The second kappa shape index (κ2) is 13.0. The quantitative estimate of drug-likeness (QED) is 0.171. The normalized spacial score (nSPS) is 13.1. The van der Waals surface area contributed by atoms with Crippen molar-refractivity contribution in [2.75, 3.05) is 0 Å². The van der Waals surface area contributed by atoms with E-state index in [1.54, 1.807) is 0 Å². The summed E-state index contributed by atoms with van der Waals surface area (Å²) in [6, 6.07) is 46.5. The smallest absolute Gasteiger partial charge is 0.164 e. The topological polar surface area (TPSA) is 65.0 Å². The van der Waals surface area contributed by atoms with Crippen molar-refractivity contribution in [1.29, 1.82) is 0 Å². The number of hydrogen-bond donors (Lipinski definition) is 0. The van der Waals surface area contributed by atoms with Gasteiger partial charge in [0.25, 0.3) is 0 Å². The average molecular weight is 724 g/mol. The Kier molecular flexibility index (Phi) is 6.10. The van der Waals surface area contributed by atoms with E-state index in [2.05, 4.69) is 0 Å². The highest BCUT2D eigenvalue weighted by Gasteiger charge is 2.20. The molecular formula is C51H31N3O2. The first-order valence-corrected chi connectivity index (χ1v) is 18.2. The van der Waals surface area contributed by atoms with Crippen molar-refractivity contribution in [2.24, 2.45) is 0 Å². The van der Waals surface area contributed by atoms with E-state index in [9.17, 15) is 4.11 Å². The number of hydrogen-bond acceptors (Lipinski definition) is 5. The highest BCUT2D eigenvalue weighted by molar-refractivity contribution is 6.14. The monoisotopic (exact) mass is 723 g/mol. The maximum Gasteiger partial charge on any atom is 0.164 e. The van der Waals surface area contributed by atoms with Gasteiger partial charge < -0.3 is 8.83 Å². The summed E-state index contributed by atoms with van der Waals surface area (Å²) in [7, 11) is 0. The molecule has 11 rings (SSSR count). The van der Waals surface area contributed by atoms with Gasteiger partial charge in [-0.05, 0) is 75.8 Å². The minimum absolute atomic E-state index is 0.0185. The van der Waals surface area contributed by atoms with Gasteiger partial charge in [0, 0.05) is 38.2 Å². The highest BCUT2D eigenvalue weighted by Crippen LogP contribution is 2.40. The van der Waals surface area contributed by atoms with Gasteiger partial charge in [-0.3, -0.25) is 0 Å². The van der Waals surface area contributed by atoms with E-state index in [1.807, 2.05) is 152 Å². The summed E-state index contributed by atoms with van der Waals surface area (Å²) in [5.74, 6) is 0.540. The molecule has 0 fully saturated rings. The molecule has 0 aliphatic rings. The first kappa shape index (κ1) is 26.2. The molecule has 262 valence electrons. The number of furan rings is 2. The van der Waals surface area contributed by atoms with E-state index >= 15 is 0 Å². The number of nitrogens with zero attached hydrogens (tertiary/aromatic N) is 3. The molecule has 5 heteroatoms. The molecule has 56 heavy (non-hydrogen) atoms. The Labute approximate surface area is 330 Å². The van der Waals surface area contributed by atoms with Gasteiger partial charge in [-0.15, -0.1) is 0 Å². The van der Waals surface area contributed by atoms with Crippen molar-refractivity contribution < 1.29 is 17.1 Å². The zero-order valence-electron chi connectivity index (χ0n) is 35.6. The van der Waals surface area contributed by atoms with Gasteiger partial charge >= 0.3 is 0 Å². The maximum absolute atomic E-state index is 9.69. The molecule has 5 nitrogen and oxygen atoms in total. The summed E-state index contributed by atoms with van der Waals surface area (Å²) < 4.78 is 68.3. The number of rotatable bonds is 6. The third-order valence-electron chi connectivity index (χ3n) is 10.1. The van der Waals surface area contributed by atoms with Crippen molar-refractivity contribution in [3.05, 3.63) is 188 Å². The molecule has 0 unspecified atom stereocenters. The van der Waals surface area contributed by atoms with E-state index in [0.29, 0.717) is 27.9 Å². The Morgan fingerprint density at radius 2 is 0.929 bits per heavy atom. The molecule has 0 N–H and O–H groups in total. The summed E-state index contributed by atoms with van der Waals surface area (Å²) in [4.78, 5) is 14.9. The zero-order valence-corrected chi connectivity index (χ0v) is 29.6. The van der Waals surface area contributed by atoms with Crippen LogP contribution in [0.15, 0.2) is 197 Å². The van der Waals surface area contributed by atoms with Crippen molar-refractivity contribution in [2.45, 2.75) is 0 Å². The van der Waals surface area contributed by atoms with E-state index < -0.39 is 0 Å². The second-order valence-corrected chi connectivity index (χ2v) is 13.5. The molecule has 0 amide bonds. The standard InChI is InChI=1S/C51H31N3O2/c1-3-13-32(14-4-1)34-17-9-19-36(29-34)39-22-11-25-44-47(39)41-28-27-38(31-46(41)56-44)50-52-49(37-20-10-18-35(30-37)33-15-5-2-6-16-33)53-51(54-50)42-23-12-26-45-48(42)40-21-7-8-24-43(40)55-45/h1-31H/i11D,22D,25D,27D,28D,31D. The first-order chi connectivity index (χ1) is 30.2. The molecule has 0 spiro atoms. The lowest BCUT2D eigenvalue weighted by Crippen LogP contribution is -2.00. The predicted molar refractivity (Wildman–Crippen MR) is 227 cm³/mol. The van der Waals surface area contributed by atoms with Crippen LogP contribution in [0.4, 0.5) is 0 Å². The van der Waals surface area contributed by atoms with E-state index in [1.165, 1.54) is 0 Å². The van der Waals surface area contributed by atoms with Crippen LogP contribution in [0.25, 0.3) is 111 Å². The van der Waals surface area contributed by atoms with Crippen LogP contribution in [-0.2, 0) is 0 Å². The van der Waals surface area contributed by atoms with Crippen LogP contribution in [0.2, 0.25) is 0 Å². The number of fused-ring (bicyclic) bond motifs is 6. The minimum atomic E-state index is -0.355. The Balaban J connectivity index is 1.18. The molecule has 0 saturated carbocycles. The molecular weight excluding hydrogens is 687 g/mol. The fourth-order valence-electron chi connectivity index (χ4n) is 7.43. The lowest BCUT2D eigenvalue weighted by atomic mass is 9.96. The third-order valence-corrected chi connectivity index (χ3v) is 10.1. The lowest BCUT2D eigenvalue weighted by Gasteiger charge is -2.10. The molecule has 0 radical (unpaired) electrons. The molecule has 8 aromatic carbocycles. The van der Waals surface area contributed by atoms with E-state index in [0.717, 1.165) is 33.0 Å². The van der Waals surface area contributed by atoms with Gasteiger partial charge in [0.2, 0.25) is 0 Å². The molecule has 0 saturated heterocycles. The Morgan fingerprint density at radius 3 is 1.71 bits per heavy atom. The van der Waals surface area contributed by atoms with Gasteiger partial charge in [-0.1, -0.05) is 146 Å². The molecule has 3 heterocycles. The SMILES string of the molecule is [2H]c1c([2H])c(-c2cccc(-c3ccccc3)c2)c2c(oc3c([2H])c(-c4nc(-c5cccc(-c6ccccc6)c5)nc(-c5cccc6oc7ccccc7c56)n4)c([2H])c([2H])c32)c1[2H]. The fraction of sp³-hybridized carbons (Fsp3) is 0. The Hall–Kier alpha value is -7.63. The number of para-hydroxylation sites is 1. The van der Waals surface area contributed by atoms with Crippen LogP contribution in [0.5, 0.6) is 0 Å². The van der Waals surface area contributed by atoms with Gasteiger partial charge in [-0.25, -0.2) is 15.0 Å². The van der Waals surface area contributed by atoms with Gasteiger partial charge in [-0.2, -0.15) is 0 Å². The summed E-state index contributed by atoms with van der Waals surface area (Å²) in [6.07, 6.45) is 0. The molecule has 0 aliphatic heterocycles. The van der Waals surface area contributed by atoms with Crippen LogP contribution in [-0.4, -0.2) is 15.0 Å². The predicted octanol–water partition coefficient (Wildman–Crippen LogP) is 13.7. The molecule has 3 aromatic heterocycles. The van der Waals surface area contributed by atoms with Crippen molar-refractivity contribution in [3.8, 4) is 67.5 Å². The van der Waals surface area contributed by atoms with E-state index in [4.69, 9.17) is 27.9 Å². The van der Waals surface area contributed by atoms with Gasteiger partial charge in [0.1, 0.15) is 22.3 Å². The van der Waals surface area contributed by atoms with Crippen molar-refractivity contribution >= 4 is 43.9 Å². The van der Waals surface area contributed by atoms with Crippen LogP contribution < -0.4 is 0 Å². The Bertz CT molecular complexity index is 3610. The number of benzene rings is 8. The lowest BCUT2D eigenvalue weighted by molar-refractivity contribution is 0.668. The zero-order chi connectivity index (χ0) is 42.2. The van der Waals surface area contributed by atoms with Crippen molar-refractivity contribution in [1.82, 2.24) is 15.0 Å². The van der Waals surface area contributed by atoms with Gasteiger partial charge in [0.05, 0.1) is 8.22 Å². The van der Waals surface area contributed by atoms with Crippen LogP contribution in [0, 0.1) is 0 Å². The molecule has 0 bridgehead atoms. The average Bonchev–Trinajstić information content (AvgIpc) is 3.91. The summed E-state index contributed by atoms with van der Waals surface area (Å²) in [5, 5.41) is 1.98. The summed E-state index contributed by atoms with van der Waals surface area (Å²) >= 11 is 0.